The third-order valence-electron chi connectivity index (χ3n) is 5.59. The fourth-order valence-electron chi connectivity index (χ4n) is 4.06. The highest BCUT2D eigenvalue weighted by molar-refractivity contribution is 7.90. The molecular formula is C23H20ClN5O3S. The highest BCUT2D eigenvalue weighted by Gasteiger charge is 2.28. The van der Waals surface area contributed by atoms with Crippen molar-refractivity contribution < 1.29 is 13.2 Å². The first-order valence-electron chi connectivity index (χ1n) is 10.4. The summed E-state index contributed by atoms with van der Waals surface area (Å²) in [6.45, 7) is 0.876. The number of carbonyl (C=O) groups excluding carboxylic acids is 1. The lowest BCUT2D eigenvalue weighted by Gasteiger charge is -2.24. The monoisotopic (exact) mass is 481 g/mol. The van der Waals surface area contributed by atoms with E-state index in [1.54, 1.807) is 24.3 Å². The number of anilines is 1. The molecule has 168 valence electrons. The molecule has 0 spiro atoms. The van der Waals surface area contributed by atoms with Gasteiger partial charge in [0.25, 0.3) is 5.91 Å². The topological polar surface area (TPSA) is 98.0 Å². The van der Waals surface area contributed by atoms with E-state index in [1.807, 2.05) is 28.9 Å². The summed E-state index contributed by atoms with van der Waals surface area (Å²) in [6, 6.07) is 14.2. The molecule has 3 aromatic heterocycles. The van der Waals surface area contributed by atoms with Gasteiger partial charge in [0.2, 0.25) is 0 Å². The third-order valence-corrected chi connectivity index (χ3v) is 6.81. The summed E-state index contributed by atoms with van der Waals surface area (Å²) in [5.41, 5.74) is 2.92. The molecule has 4 heterocycles. The number of fused-ring (bicyclic) bond motifs is 2. The molecule has 5 rings (SSSR count). The number of benzene rings is 1. The first kappa shape index (κ1) is 21.5. The maximum atomic E-state index is 13.6. The average molecular weight is 482 g/mol. The number of carbonyl (C=O) groups is 1. The van der Waals surface area contributed by atoms with Crippen molar-refractivity contribution in [2.24, 2.45) is 0 Å². The zero-order valence-corrected chi connectivity index (χ0v) is 19.3. The number of aryl methyl sites for hydroxylation is 2. The van der Waals surface area contributed by atoms with Gasteiger partial charge in [-0.15, -0.1) is 0 Å². The summed E-state index contributed by atoms with van der Waals surface area (Å²) in [4.78, 5) is 23.5. The third kappa shape index (κ3) is 4.21. The summed E-state index contributed by atoms with van der Waals surface area (Å²) in [7, 11) is -3.68. The molecule has 0 unspecified atom stereocenters. The van der Waals surface area contributed by atoms with Crippen molar-refractivity contribution in [3.05, 3.63) is 76.8 Å². The second-order valence-corrected chi connectivity index (χ2v) is 10.3. The van der Waals surface area contributed by atoms with Crippen molar-refractivity contribution in [1.82, 2.24) is 19.7 Å². The maximum absolute atomic E-state index is 13.6. The first-order chi connectivity index (χ1) is 15.8. The Morgan fingerprint density at radius 3 is 2.79 bits per heavy atom. The Morgan fingerprint density at radius 2 is 2.00 bits per heavy atom. The summed E-state index contributed by atoms with van der Waals surface area (Å²) >= 11 is 6.05. The number of rotatable bonds is 5. The molecule has 8 nitrogen and oxygen atoms in total. The molecule has 33 heavy (non-hydrogen) atoms. The first-order valence-corrected chi connectivity index (χ1v) is 12.7. The summed E-state index contributed by atoms with van der Waals surface area (Å²) < 4.78 is 26.7. The van der Waals surface area contributed by atoms with Crippen LogP contribution in [0.15, 0.2) is 59.8 Å². The Morgan fingerprint density at radius 1 is 1.18 bits per heavy atom. The molecule has 0 atom stereocenters. The van der Waals surface area contributed by atoms with Crippen LogP contribution in [0.1, 0.15) is 28.2 Å². The molecule has 0 bridgehead atoms. The number of hydrogen-bond donors (Lipinski definition) is 0. The largest absolute Gasteiger partial charge is 0.300 e. The van der Waals surface area contributed by atoms with Gasteiger partial charge in [-0.2, -0.15) is 5.10 Å². The number of pyridine rings is 2. The smallest absolute Gasteiger partial charge is 0.279 e. The number of nitrogens with zero attached hydrogens (tertiary/aromatic N) is 5. The second-order valence-electron chi connectivity index (χ2n) is 8.00. The normalized spacial score (nSPS) is 13.3. The average Bonchev–Trinajstić information content (AvgIpc) is 3.39. The zero-order valence-electron chi connectivity index (χ0n) is 17.8. The van der Waals surface area contributed by atoms with Crippen LogP contribution in [0, 0.1) is 0 Å². The van der Waals surface area contributed by atoms with Gasteiger partial charge in [-0.05, 0) is 54.8 Å². The van der Waals surface area contributed by atoms with Crippen molar-refractivity contribution in [2.45, 2.75) is 31.0 Å². The van der Waals surface area contributed by atoms with Gasteiger partial charge in [-0.1, -0.05) is 23.7 Å². The fourth-order valence-corrected chi connectivity index (χ4v) is 5.03. The van der Waals surface area contributed by atoms with E-state index in [0.717, 1.165) is 42.3 Å². The second kappa shape index (κ2) is 8.24. The number of amides is 1. The highest BCUT2D eigenvalue weighted by Crippen LogP contribution is 2.28. The summed E-state index contributed by atoms with van der Waals surface area (Å²) in [5.74, 6) is -0.394. The molecule has 1 aliphatic heterocycles. The van der Waals surface area contributed by atoms with Gasteiger partial charge in [0.1, 0.15) is 5.15 Å². The van der Waals surface area contributed by atoms with Crippen LogP contribution in [0.25, 0.3) is 10.9 Å². The van der Waals surface area contributed by atoms with E-state index < -0.39 is 15.7 Å². The summed E-state index contributed by atoms with van der Waals surface area (Å²) in [5, 5.41) is 5.57. The molecule has 10 heteroatoms. The van der Waals surface area contributed by atoms with Crippen molar-refractivity contribution >= 4 is 43.9 Å². The fraction of sp³-hybridized carbons (Fsp3) is 0.217. The predicted octanol–water partition coefficient (Wildman–Crippen LogP) is 3.68. The summed E-state index contributed by atoms with van der Waals surface area (Å²) in [6.07, 6.45) is 4.33. The Kier molecular flexibility index (Phi) is 5.38. The van der Waals surface area contributed by atoms with Gasteiger partial charge in [-0.25, -0.2) is 18.4 Å². The van der Waals surface area contributed by atoms with Crippen LogP contribution in [0.4, 0.5) is 5.69 Å². The van der Waals surface area contributed by atoms with E-state index in [9.17, 15) is 13.2 Å². The molecule has 1 aromatic carbocycles. The van der Waals surface area contributed by atoms with E-state index in [1.165, 1.54) is 11.1 Å². The number of halogens is 1. The lowest BCUT2D eigenvalue weighted by Crippen LogP contribution is -2.32. The van der Waals surface area contributed by atoms with Crippen LogP contribution in [0.3, 0.4) is 0 Å². The Hall–Kier alpha value is -3.30. The van der Waals surface area contributed by atoms with Gasteiger partial charge in [0.15, 0.2) is 20.6 Å². The van der Waals surface area contributed by atoms with Crippen LogP contribution in [0.2, 0.25) is 5.15 Å². The van der Waals surface area contributed by atoms with E-state index in [-0.39, 0.29) is 23.0 Å². The number of hydrogen-bond acceptors (Lipinski definition) is 6. The van der Waals surface area contributed by atoms with Crippen molar-refractivity contribution in [1.29, 1.82) is 0 Å². The van der Waals surface area contributed by atoms with Crippen molar-refractivity contribution in [2.75, 3.05) is 11.2 Å². The van der Waals surface area contributed by atoms with Crippen molar-refractivity contribution in [3.8, 4) is 0 Å². The molecule has 0 radical (unpaired) electrons. The van der Waals surface area contributed by atoms with Gasteiger partial charge in [-0.3, -0.25) is 14.4 Å². The molecule has 0 N–H and O–H groups in total. The SMILES string of the molecule is CS(=O)(=O)c1ncccc1N(Cc1ccc2ccc(Cl)nc2c1)C(=O)c1cc2n(n1)CCC2. The van der Waals surface area contributed by atoms with Crippen LogP contribution in [-0.2, 0) is 29.3 Å². The van der Waals surface area contributed by atoms with E-state index >= 15 is 0 Å². The maximum Gasteiger partial charge on any atom is 0.279 e. The number of aromatic nitrogens is 4. The minimum Gasteiger partial charge on any atom is -0.300 e. The van der Waals surface area contributed by atoms with E-state index in [0.29, 0.717) is 10.7 Å². The highest BCUT2D eigenvalue weighted by atomic mass is 35.5. The molecule has 0 saturated carbocycles. The molecule has 1 aliphatic rings. The lowest BCUT2D eigenvalue weighted by atomic mass is 10.1. The van der Waals surface area contributed by atoms with E-state index in [4.69, 9.17) is 11.6 Å². The van der Waals surface area contributed by atoms with Gasteiger partial charge in [0, 0.05) is 30.1 Å². The standard InChI is InChI=1S/C23H20ClN5O3S/c1-33(31,32)22-20(5-2-10-25-22)28(23(30)19-13-17-4-3-11-29(17)27-19)14-15-6-7-16-8-9-21(24)26-18(16)12-15/h2,5-10,12-13H,3-4,11,14H2,1H3. The number of sulfone groups is 1. The molecule has 4 aromatic rings. The van der Waals surface area contributed by atoms with Gasteiger partial charge in [0.05, 0.1) is 17.7 Å². The molecule has 1 amide bonds. The molecule has 0 aliphatic carbocycles. The quantitative estimate of drug-likeness (QED) is 0.403. The van der Waals surface area contributed by atoms with Crippen LogP contribution < -0.4 is 4.90 Å². The van der Waals surface area contributed by atoms with Crippen LogP contribution >= 0.6 is 11.6 Å². The van der Waals surface area contributed by atoms with Gasteiger partial charge >= 0.3 is 0 Å². The molecular weight excluding hydrogens is 462 g/mol. The van der Waals surface area contributed by atoms with Crippen LogP contribution in [0.5, 0.6) is 0 Å². The Labute approximate surface area is 195 Å². The minimum absolute atomic E-state index is 0.110. The van der Waals surface area contributed by atoms with Gasteiger partial charge < -0.3 is 0 Å². The van der Waals surface area contributed by atoms with E-state index in [2.05, 4.69) is 15.1 Å². The lowest BCUT2D eigenvalue weighted by molar-refractivity contribution is 0.0979. The zero-order chi connectivity index (χ0) is 23.2. The predicted molar refractivity (Wildman–Crippen MR) is 125 cm³/mol. The molecule has 0 saturated heterocycles. The minimum atomic E-state index is -3.68. The van der Waals surface area contributed by atoms with Crippen molar-refractivity contribution in [3.63, 3.8) is 0 Å². The Bertz CT molecular complexity index is 1480. The molecule has 0 fully saturated rings. The Balaban J connectivity index is 1.60. The van der Waals surface area contributed by atoms with Crippen LogP contribution in [-0.4, -0.2) is 40.3 Å².